The van der Waals surface area contributed by atoms with Gasteiger partial charge in [-0.15, -0.1) is 6.42 Å². The van der Waals surface area contributed by atoms with Crippen molar-refractivity contribution < 1.29 is 18.1 Å². The fourth-order valence-electron chi connectivity index (χ4n) is 2.49. The number of nitrogens with zero attached hydrogens (tertiary/aromatic N) is 2. The van der Waals surface area contributed by atoms with Crippen LogP contribution in [-0.2, 0) is 14.6 Å². The van der Waals surface area contributed by atoms with E-state index in [0.717, 1.165) is 12.3 Å². The second-order valence-corrected chi connectivity index (χ2v) is 7.77. The van der Waals surface area contributed by atoms with E-state index in [2.05, 4.69) is 11.2 Å². The normalized spacial score (nSPS) is 10.7. The number of nitrogens with one attached hydrogen (secondary N) is 1. The summed E-state index contributed by atoms with van der Waals surface area (Å²) in [6.07, 6.45) is 6.21. The van der Waals surface area contributed by atoms with Gasteiger partial charge in [0.05, 0.1) is 11.5 Å². The van der Waals surface area contributed by atoms with E-state index in [1.54, 1.807) is 24.3 Å². The molecule has 0 aromatic heterocycles. The van der Waals surface area contributed by atoms with Crippen LogP contribution in [0.4, 0.5) is 17.1 Å². The molecule has 140 valence electrons. The highest BCUT2D eigenvalue weighted by Gasteiger charge is 2.28. The Morgan fingerprint density at radius 1 is 1.30 bits per heavy atom. The van der Waals surface area contributed by atoms with Gasteiger partial charge in [-0.3, -0.25) is 14.9 Å². The molecular weight excluding hydrogens is 370 g/mol. The maximum atomic E-state index is 12.3. The highest BCUT2D eigenvalue weighted by atomic mass is 32.2. The highest BCUT2D eigenvalue weighted by molar-refractivity contribution is 7.90. The minimum Gasteiger partial charge on any atom is -0.360 e. The zero-order valence-electron chi connectivity index (χ0n) is 14.7. The SMILES string of the molecule is C#Cc1cccc(NC(=O)CN(C)c2cccc(S(C)(=O)=O)c2[N+](=O)[O-])c1. The molecule has 8 nitrogen and oxygen atoms in total. The first-order chi connectivity index (χ1) is 12.6. The molecule has 9 heteroatoms. The molecule has 2 aromatic rings. The monoisotopic (exact) mass is 387 g/mol. The van der Waals surface area contributed by atoms with E-state index in [1.165, 1.54) is 24.1 Å². The average Bonchev–Trinajstić information content (AvgIpc) is 2.60. The van der Waals surface area contributed by atoms with E-state index in [9.17, 15) is 23.3 Å². The van der Waals surface area contributed by atoms with E-state index in [4.69, 9.17) is 6.42 Å². The maximum Gasteiger partial charge on any atom is 0.311 e. The predicted octanol–water partition coefficient (Wildman–Crippen LogP) is 2.05. The summed E-state index contributed by atoms with van der Waals surface area (Å²) in [5.74, 6) is 2.01. The molecule has 0 saturated heterocycles. The molecule has 1 amide bonds. The zero-order chi connectivity index (χ0) is 20.2. The molecule has 0 aliphatic rings. The molecule has 0 aliphatic heterocycles. The van der Waals surface area contributed by atoms with Gasteiger partial charge in [-0.25, -0.2) is 8.42 Å². The molecule has 0 heterocycles. The quantitative estimate of drug-likeness (QED) is 0.462. The molecule has 0 fully saturated rings. The Kier molecular flexibility index (Phi) is 5.82. The van der Waals surface area contributed by atoms with Gasteiger partial charge in [0.15, 0.2) is 9.84 Å². The number of terminal acetylenes is 1. The zero-order valence-corrected chi connectivity index (χ0v) is 15.5. The lowest BCUT2D eigenvalue weighted by atomic mass is 10.2. The smallest absolute Gasteiger partial charge is 0.311 e. The maximum absolute atomic E-state index is 12.3. The number of rotatable bonds is 6. The molecule has 1 N–H and O–H groups in total. The van der Waals surface area contributed by atoms with E-state index in [0.29, 0.717) is 11.3 Å². The first-order valence-corrected chi connectivity index (χ1v) is 9.57. The number of anilines is 2. The molecule has 0 atom stereocenters. The van der Waals surface area contributed by atoms with Crippen molar-refractivity contribution in [3.05, 3.63) is 58.1 Å². The first-order valence-electron chi connectivity index (χ1n) is 7.68. The van der Waals surface area contributed by atoms with Crippen molar-refractivity contribution in [3.63, 3.8) is 0 Å². The molecule has 0 saturated carbocycles. The second kappa shape index (κ2) is 7.88. The predicted molar refractivity (Wildman–Crippen MR) is 102 cm³/mol. The summed E-state index contributed by atoms with van der Waals surface area (Å²) < 4.78 is 23.7. The van der Waals surface area contributed by atoms with Gasteiger partial charge in [-0.2, -0.15) is 0 Å². The van der Waals surface area contributed by atoms with Gasteiger partial charge >= 0.3 is 5.69 Å². The fourth-order valence-corrected chi connectivity index (χ4v) is 3.35. The van der Waals surface area contributed by atoms with Gasteiger partial charge in [0.25, 0.3) is 0 Å². The molecule has 0 unspecified atom stereocenters. The standard InChI is InChI=1S/C18H17N3O5S/c1-4-13-7-5-8-14(11-13)19-17(22)12-20(2)15-9-6-10-16(27(3,25)26)18(15)21(23)24/h1,5-11H,12H2,2-3H3,(H,19,22). The number of hydrogen-bond acceptors (Lipinski definition) is 6. The van der Waals surface area contributed by atoms with Crippen molar-refractivity contribution in [1.82, 2.24) is 0 Å². The van der Waals surface area contributed by atoms with Crippen LogP contribution in [0.5, 0.6) is 0 Å². The first kappa shape index (κ1) is 19.9. The Balaban J connectivity index is 2.27. The molecule has 0 spiro atoms. The number of sulfone groups is 1. The van der Waals surface area contributed by atoms with E-state index in [1.807, 2.05) is 0 Å². The number of carbonyl (C=O) groups is 1. The Bertz CT molecular complexity index is 1040. The van der Waals surface area contributed by atoms with Crippen molar-refractivity contribution in [3.8, 4) is 12.3 Å². The Morgan fingerprint density at radius 2 is 1.96 bits per heavy atom. The third-order valence-corrected chi connectivity index (χ3v) is 4.79. The van der Waals surface area contributed by atoms with E-state index < -0.39 is 31.3 Å². The molecular formula is C18H17N3O5S. The molecule has 2 rings (SSSR count). The number of carbonyl (C=O) groups excluding carboxylic acids is 1. The number of nitro groups is 1. The van der Waals surface area contributed by atoms with Crippen LogP contribution in [0.2, 0.25) is 0 Å². The van der Waals surface area contributed by atoms with E-state index >= 15 is 0 Å². The second-order valence-electron chi connectivity index (χ2n) is 5.78. The van der Waals surface area contributed by atoms with E-state index in [-0.39, 0.29) is 12.2 Å². The fraction of sp³-hybridized carbons (Fsp3) is 0.167. The number of hydrogen-bond donors (Lipinski definition) is 1. The van der Waals surface area contributed by atoms with Gasteiger partial charge in [0.1, 0.15) is 10.6 Å². The lowest BCUT2D eigenvalue weighted by Gasteiger charge is -2.19. The van der Waals surface area contributed by atoms with Crippen molar-refractivity contribution in [2.24, 2.45) is 0 Å². The number of nitro benzene ring substituents is 1. The lowest BCUT2D eigenvalue weighted by Crippen LogP contribution is -2.30. The molecule has 0 bridgehead atoms. The Labute approximate surface area is 156 Å². The molecule has 27 heavy (non-hydrogen) atoms. The number of likely N-dealkylation sites (N-methyl/N-ethyl adjacent to an activating group) is 1. The highest BCUT2D eigenvalue weighted by Crippen LogP contribution is 2.34. The van der Waals surface area contributed by atoms with Gasteiger partial charge in [-0.05, 0) is 30.3 Å². The molecule has 2 aromatic carbocycles. The molecule has 0 radical (unpaired) electrons. The molecule has 0 aliphatic carbocycles. The van der Waals surface area contributed by atoms with Crippen LogP contribution in [0.25, 0.3) is 0 Å². The average molecular weight is 387 g/mol. The number of benzene rings is 2. The summed E-state index contributed by atoms with van der Waals surface area (Å²) in [5, 5.41) is 14.1. The minimum absolute atomic E-state index is 0.0236. The largest absolute Gasteiger partial charge is 0.360 e. The van der Waals surface area contributed by atoms with Crippen molar-refractivity contribution in [2.45, 2.75) is 4.90 Å². The summed E-state index contributed by atoms with van der Waals surface area (Å²) >= 11 is 0. The summed E-state index contributed by atoms with van der Waals surface area (Å²) in [5.41, 5.74) is 0.543. The van der Waals surface area contributed by atoms with Crippen LogP contribution in [0.3, 0.4) is 0 Å². The van der Waals surface area contributed by atoms with Crippen LogP contribution < -0.4 is 10.2 Å². The Hall–Kier alpha value is -3.38. The summed E-state index contributed by atoms with van der Waals surface area (Å²) in [6, 6.07) is 10.6. The third-order valence-electron chi connectivity index (χ3n) is 3.66. The minimum atomic E-state index is -3.81. The van der Waals surface area contributed by atoms with Crippen LogP contribution in [0, 0.1) is 22.5 Å². The van der Waals surface area contributed by atoms with Crippen LogP contribution >= 0.6 is 0 Å². The number of para-hydroxylation sites is 1. The van der Waals surface area contributed by atoms with Gasteiger partial charge in [0, 0.05) is 24.6 Å². The van der Waals surface area contributed by atoms with Crippen molar-refractivity contribution in [2.75, 3.05) is 30.1 Å². The van der Waals surface area contributed by atoms with Crippen LogP contribution in [0.1, 0.15) is 5.56 Å². The summed E-state index contributed by atoms with van der Waals surface area (Å²) in [6.45, 7) is -0.228. The van der Waals surface area contributed by atoms with Crippen LogP contribution in [0.15, 0.2) is 47.4 Å². The van der Waals surface area contributed by atoms with Crippen molar-refractivity contribution in [1.29, 1.82) is 0 Å². The summed E-state index contributed by atoms with van der Waals surface area (Å²) in [4.78, 5) is 23.8. The lowest BCUT2D eigenvalue weighted by molar-refractivity contribution is -0.387. The van der Waals surface area contributed by atoms with Gasteiger partial charge in [0.2, 0.25) is 5.91 Å². The Morgan fingerprint density at radius 3 is 2.56 bits per heavy atom. The number of amides is 1. The summed E-state index contributed by atoms with van der Waals surface area (Å²) in [7, 11) is -2.34. The van der Waals surface area contributed by atoms with Crippen LogP contribution in [-0.4, -0.2) is 39.1 Å². The topological polar surface area (TPSA) is 110 Å². The van der Waals surface area contributed by atoms with Crippen molar-refractivity contribution >= 4 is 32.8 Å². The van der Waals surface area contributed by atoms with Gasteiger partial charge < -0.3 is 10.2 Å². The third kappa shape index (κ3) is 4.83. The van der Waals surface area contributed by atoms with Gasteiger partial charge in [-0.1, -0.05) is 18.1 Å².